The number of hydrogen-bond donors (Lipinski definition) is 0. The summed E-state index contributed by atoms with van der Waals surface area (Å²) in [6.45, 7) is 1.83. The van der Waals surface area contributed by atoms with Gasteiger partial charge in [0.25, 0.3) is 0 Å². The van der Waals surface area contributed by atoms with Crippen LogP contribution in [0.25, 0.3) is 28.9 Å². The number of halogens is 5. The molecular weight excluding hydrogens is 367 g/mol. The van der Waals surface area contributed by atoms with E-state index in [4.69, 9.17) is 0 Å². The number of alkyl halides is 3. The monoisotopic (exact) mass is 378 g/mol. The molecule has 0 radical (unpaired) electrons. The summed E-state index contributed by atoms with van der Waals surface area (Å²) < 4.78 is 64.6. The molecule has 27 heavy (non-hydrogen) atoms. The van der Waals surface area contributed by atoms with E-state index in [1.165, 1.54) is 12.4 Å². The smallest absolute Gasteiger partial charge is 0.236 e. The minimum atomic E-state index is -4.67. The molecule has 0 aliphatic rings. The Morgan fingerprint density at radius 3 is 1.78 bits per heavy atom. The lowest BCUT2D eigenvalue weighted by Crippen LogP contribution is -2.01. The number of benzene rings is 1. The first-order valence-electron chi connectivity index (χ1n) is 7.59. The largest absolute Gasteiger partial charge is 0.409 e. The van der Waals surface area contributed by atoms with Gasteiger partial charge in [0, 0.05) is 42.0 Å². The predicted octanol–water partition coefficient (Wildman–Crippen LogP) is 4.76. The van der Waals surface area contributed by atoms with Crippen LogP contribution in [0.15, 0.2) is 43.0 Å². The first-order chi connectivity index (χ1) is 12.7. The van der Waals surface area contributed by atoms with Gasteiger partial charge in [-0.1, -0.05) is 0 Å². The highest BCUT2D eigenvalue weighted by Crippen LogP contribution is 2.25. The average Bonchev–Trinajstić information content (AvgIpc) is 2.61. The molecule has 0 amide bonds. The van der Waals surface area contributed by atoms with Gasteiger partial charge in [-0.05, 0) is 30.7 Å². The molecule has 0 fully saturated rings. The summed E-state index contributed by atoms with van der Waals surface area (Å²) in [5, 5.41) is 0. The molecule has 0 spiro atoms. The van der Waals surface area contributed by atoms with Crippen molar-refractivity contribution in [3.63, 3.8) is 0 Å². The van der Waals surface area contributed by atoms with Crippen molar-refractivity contribution < 1.29 is 22.0 Å². The topological polar surface area (TPSA) is 51.6 Å². The zero-order valence-electron chi connectivity index (χ0n) is 13.8. The predicted molar refractivity (Wildman–Crippen MR) is 88.2 cm³/mol. The molecule has 0 N–H and O–H groups in total. The fourth-order valence-electron chi connectivity index (χ4n) is 2.18. The van der Waals surface area contributed by atoms with E-state index in [0.29, 0.717) is 17.5 Å². The Bertz CT molecular complexity index is 957. The van der Waals surface area contributed by atoms with Crippen LogP contribution in [0.5, 0.6) is 0 Å². The van der Waals surface area contributed by atoms with Gasteiger partial charge in [0.15, 0.2) is 11.6 Å². The lowest BCUT2D eigenvalue weighted by Gasteiger charge is -2.06. The summed E-state index contributed by atoms with van der Waals surface area (Å²) in [4.78, 5) is 16.3. The van der Waals surface area contributed by atoms with E-state index in [2.05, 4.69) is 19.9 Å². The Hall–Kier alpha value is -3.23. The molecule has 0 atom stereocenters. The van der Waals surface area contributed by atoms with Crippen LogP contribution in [0.2, 0.25) is 0 Å². The van der Waals surface area contributed by atoms with Crippen molar-refractivity contribution in [1.29, 1.82) is 0 Å². The van der Waals surface area contributed by atoms with E-state index >= 15 is 0 Å². The van der Waals surface area contributed by atoms with Crippen molar-refractivity contribution in [2.24, 2.45) is 0 Å². The zero-order valence-corrected chi connectivity index (χ0v) is 13.8. The molecule has 0 saturated carbocycles. The number of rotatable bonds is 3. The van der Waals surface area contributed by atoms with Crippen molar-refractivity contribution in [2.45, 2.75) is 13.1 Å². The summed E-state index contributed by atoms with van der Waals surface area (Å²) in [6.07, 6.45) is 1.45. The van der Waals surface area contributed by atoms with Crippen LogP contribution in [-0.2, 0) is 0 Å². The molecule has 0 aliphatic heterocycles. The normalized spacial score (nSPS) is 11.9. The fourth-order valence-corrected chi connectivity index (χ4v) is 2.18. The molecule has 3 aromatic rings. The van der Waals surface area contributed by atoms with E-state index in [1.807, 2.05) is 6.92 Å². The molecule has 3 rings (SSSR count). The standard InChI is InChI=1S/C18H11F5N4/c1-10-6-24-17(25-7-10)12-8-26-16(27-9-12)11-4-14(19)13(15(20)5-11)2-3-18(21,22)23/h2-9H,1H3/b3-2+. The van der Waals surface area contributed by atoms with Crippen molar-refractivity contribution in [2.75, 3.05) is 0 Å². The maximum atomic E-state index is 14.0. The minimum absolute atomic E-state index is 0.00877. The average molecular weight is 378 g/mol. The quantitative estimate of drug-likeness (QED) is 0.617. The SMILES string of the molecule is Cc1cnc(-c2cnc(-c3cc(F)c(/C=C/C(F)(F)F)c(F)c3)nc2)nc1. The van der Waals surface area contributed by atoms with E-state index in [0.717, 1.165) is 17.7 Å². The van der Waals surface area contributed by atoms with Crippen LogP contribution in [0, 0.1) is 18.6 Å². The van der Waals surface area contributed by atoms with Gasteiger partial charge in [0.2, 0.25) is 0 Å². The first kappa shape index (κ1) is 18.6. The third kappa shape index (κ3) is 4.49. The van der Waals surface area contributed by atoms with Crippen LogP contribution in [0.3, 0.4) is 0 Å². The number of hydrogen-bond acceptors (Lipinski definition) is 4. The Balaban J connectivity index is 1.90. The number of aryl methyl sites for hydroxylation is 1. The lowest BCUT2D eigenvalue weighted by atomic mass is 10.1. The van der Waals surface area contributed by atoms with Crippen LogP contribution >= 0.6 is 0 Å². The highest BCUT2D eigenvalue weighted by atomic mass is 19.4. The van der Waals surface area contributed by atoms with Gasteiger partial charge >= 0.3 is 6.18 Å². The highest BCUT2D eigenvalue weighted by molar-refractivity contribution is 5.62. The van der Waals surface area contributed by atoms with E-state index in [9.17, 15) is 22.0 Å². The van der Waals surface area contributed by atoms with E-state index in [-0.39, 0.29) is 17.5 Å². The van der Waals surface area contributed by atoms with Gasteiger partial charge < -0.3 is 0 Å². The van der Waals surface area contributed by atoms with Gasteiger partial charge in [-0.15, -0.1) is 0 Å². The van der Waals surface area contributed by atoms with Crippen molar-refractivity contribution in [3.8, 4) is 22.8 Å². The van der Waals surface area contributed by atoms with Gasteiger partial charge in [0.1, 0.15) is 11.6 Å². The second-order valence-electron chi connectivity index (χ2n) is 5.61. The third-order valence-corrected chi connectivity index (χ3v) is 3.47. The van der Waals surface area contributed by atoms with Gasteiger partial charge in [-0.2, -0.15) is 13.2 Å². The second kappa shape index (κ2) is 7.18. The van der Waals surface area contributed by atoms with Gasteiger partial charge in [-0.3, -0.25) is 0 Å². The Morgan fingerprint density at radius 1 is 0.778 bits per heavy atom. The fraction of sp³-hybridized carbons (Fsp3) is 0.111. The number of allylic oxidation sites excluding steroid dienone is 1. The molecule has 1 aromatic carbocycles. The van der Waals surface area contributed by atoms with E-state index in [1.54, 1.807) is 12.4 Å². The first-order valence-corrected chi connectivity index (χ1v) is 7.59. The minimum Gasteiger partial charge on any atom is -0.236 e. The molecule has 2 aromatic heterocycles. The summed E-state index contributed by atoms with van der Waals surface area (Å²) in [6, 6.07) is 1.74. The van der Waals surface area contributed by atoms with Crippen LogP contribution < -0.4 is 0 Å². The molecule has 0 aliphatic carbocycles. The van der Waals surface area contributed by atoms with Crippen molar-refractivity contribution in [1.82, 2.24) is 19.9 Å². The lowest BCUT2D eigenvalue weighted by molar-refractivity contribution is -0.0790. The summed E-state index contributed by atoms with van der Waals surface area (Å²) in [5.41, 5.74) is 0.581. The maximum Gasteiger partial charge on any atom is 0.409 e. The molecule has 138 valence electrons. The summed E-state index contributed by atoms with van der Waals surface area (Å²) in [7, 11) is 0. The highest BCUT2D eigenvalue weighted by Gasteiger charge is 2.23. The Labute approximate surface area is 150 Å². The second-order valence-corrected chi connectivity index (χ2v) is 5.61. The van der Waals surface area contributed by atoms with E-state index < -0.39 is 23.4 Å². The van der Waals surface area contributed by atoms with Crippen LogP contribution in [-0.4, -0.2) is 26.1 Å². The molecule has 0 bridgehead atoms. The number of nitrogens with zero attached hydrogens (tertiary/aromatic N) is 4. The third-order valence-electron chi connectivity index (χ3n) is 3.47. The van der Waals surface area contributed by atoms with Gasteiger partial charge in [0.05, 0.1) is 5.56 Å². The maximum absolute atomic E-state index is 14.0. The zero-order chi connectivity index (χ0) is 19.6. The molecule has 0 saturated heterocycles. The molecule has 0 unspecified atom stereocenters. The Morgan fingerprint density at radius 2 is 1.26 bits per heavy atom. The molecule has 9 heteroatoms. The Kier molecular flexibility index (Phi) is 4.93. The summed E-state index contributed by atoms with van der Waals surface area (Å²) in [5.74, 6) is -1.91. The van der Waals surface area contributed by atoms with Gasteiger partial charge in [-0.25, -0.2) is 28.7 Å². The molecule has 2 heterocycles. The summed E-state index contributed by atoms with van der Waals surface area (Å²) >= 11 is 0. The van der Waals surface area contributed by atoms with Crippen molar-refractivity contribution >= 4 is 6.08 Å². The van der Waals surface area contributed by atoms with Crippen LogP contribution in [0.1, 0.15) is 11.1 Å². The van der Waals surface area contributed by atoms with Crippen LogP contribution in [0.4, 0.5) is 22.0 Å². The molecular formula is C18H11F5N4. The number of aromatic nitrogens is 4. The molecule has 4 nitrogen and oxygen atoms in total. The van der Waals surface area contributed by atoms with Crippen molar-refractivity contribution in [3.05, 3.63) is 65.8 Å².